The van der Waals surface area contributed by atoms with Gasteiger partial charge in [-0.3, -0.25) is 0 Å². The molecule has 0 heterocycles. The summed E-state index contributed by atoms with van der Waals surface area (Å²) in [6, 6.07) is 6.94. The summed E-state index contributed by atoms with van der Waals surface area (Å²) < 4.78 is 0. The van der Waals surface area contributed by atoms with E-state index in [1.165, 1.54) is 11.1 Å². The molecular weight excluding hydrogens is 266 g/mol. The second kappa shape index (κ2) is 8.71. The molecule has 0 fully saturated rings. The highest BCUT2D eigenvalue weighted by Gasteiger charge is 2.15. The van der Waals surface area contributed by atoms with Crippen LogP contribution in [0.3, 0.4) is 0 Å². The summed E-state index contributed by atoms with van der Waals surface area (Å²) in [7, 11) is 2.17. The van der Waals surface area contributed by atoms with E-state index in [4.69, 9.17) is 0 Å². The molecular formula is C17H29NOS. The highest BCUT2D eigenvalue weighted by molar-refractivity contribution is 7.98. The first-order valence-corrected chi connectivity index (χ1v) is 8.82. The standard InChI is InChI=1S/C17H29NOS/c1-6-16(12-20-5)18(4)8-7-17(19)15-10-13(2)9-14(3)11-15/h9-11,16-17,19H,6-8,12H2,1-5H3. The smallest absolute Gasteiger partial charge is 0.0802 e. The summed E-state index contributed by atoms with van der Waals surface area (Å²) in [4.78, 5) is 2.38. The number of thioether (sulfide) groups is 1. The van der Waals surface area contributed by atoms with Crippen LogP contribution in [0.2, 0.25) is 0 Å². The van der Waals surface area contributed by atoms with E-state index in [2.05, 4.69) is 57.2 Å². The molecule has 0 radical (unpaired) electrons. The van der Waals surface area contributed by atoms with Crippen LogP contribution < -0.4 is 0 Å². The van der Waals surface area contributed by atoms with Gasteiger partial charge >= 0.3 is 0 Å². The van der Waals surface area contributed by atoms with Gasteiger partial charge in [-0.25, -0.2) is 0 Å². The van der Waals surface area contributed by atoms with Crippen molar-refractivity contribution < 1.29 is 5.11 Å². The maximum Gasteiger partial charge on any atom is 0.0802 e. The van der Waals surface area contributed by atoms with Crippen molar-refractivity contribution in [3.63, 3.8) is 0 Å². The van der Waals surface area contributed by atoms with E-state index in [1.807, 2.05) is 11.8 Å². The largest absolute Gasteiger partial charge is 0.388 e. The molecule has 1 rings (SSSR count). The van der Waals surface area contributed by atoms with Gasteiger partial charge in [-0.2, -0.15) is 11.8 Å². The monoisotopic (exact) mass is 295 g/mol. The van der Waals surface area contributed by atoms with Gasteiger partial charge in [0, 0.05) is 18.3 Å². The lowest BCUT2D eigenvalue weighted by atomic mass is 10.0. The third kappa shape index (κ3) is 5.47. The Balaban J connectivity index is 2.55. The maximum absolute atomic E-state index is 10.4. The van der Waals surface area contributed by atoms with Gasteiger partial charge in [-0.05, 0) is 45.6 Å². The fourth-order valence-corrected chi connectivity index (χ4v) is 3.50. The molecule has 0 aliphatic carbocycles. The SMILES string of the molecule is CCC(CSC)N(C)CCC(O)c1cc(C)cc(C)c1. The van der Waals surface area contributed by atoms with Crippen molar-refractivity contribution in [2.75, 3.05) is 25.6 Å². The number of hydrogen-bond acceptors (Lipinski definition) is 3. The Bertz CT molecular complexity index is 388. The molecule has 0 aliphatic rings. The number of nitrogens with zero attached hydrogens (tertiary/aromatic N) is 1. The number of hydrogen-bond donors (Lipinski definition) is 1. The first-order valence-electron chi connectivity index (χ1n) is 7.43. The van der Waals surface area contributed by atoms with Crippen LogP contribution in [0.5, 0.6) is 0 Å². The van der Waals surface area contributed by atoms with Crippen LogP contribution >= 0.6 is 11.8 Å². The number of aliphatic hydroxyl groups is 1. The van der Waals surface area contributed by atoms with Crippen molar-refractivity contribution in [2.24, 2.45) is 0 Å². The molecule has 2 nitrogen and oxygen atoms in total. The molecule has 0 amide bonds. The summed E-state index contributed by atoms with van der Waals surface area (Å²) in [6.07, 6.45) is 3.75. The number of aryl methyl sites for hydroxylation is 2. The Morgan fingerprint density at radius 1 is 1.20 bits per heavy atom. The average Bonchev–Trinajstić information content (AvgIpc) is 2.40. The summed E-state index contributed by atoms with van der Waals surface area (Å²) in [5, 5.41) is 10.4. The number of rotatable bonds is 8. The first-order chi connectivity index (χ1) is 9.47. The molecule has 0 spiro atoms. The number of benzene rings is 1. The van der Waals surface area contributed by atoms with Crippen LogP contribution in [0.25, 0.3) is 0 Å². The summed E-state index contributed by atoms with van der Waals surface area (Å²) in [5.74, 6) is 1.16. The lowest BCUT2D eigenvalue weighted by Crippen LogP contribution is -2.34. The molecule has 1 aromatic rings. The topological polar surface area (TPSA) is 23.5 Å². The van der Waals surface area contributed by atoms with E-state index >= 15 is 0 Å². The Morgan fingerprint density at radius 3 is 2.30 bits per heavy atom. The zero-order chi connectivity index (χ0) is 15.1. The molecule has 0 saturated carbocycles. The second-order valence-corrected chi connectivity index (χ2v) is 6.63. The van der Waals surface area contributed by atoms with E-state index in [0.717, 1.165) is 30.7 Å². The maximum atomic E-state index is 10.4. The van der Waals surface area contributed by atoms with Crippen LogP contribution in [0, 0.1) is 13.8 Å². The minimum absolute atomic E-state index is 0.358. The lowest BCUT2D eigenvalue weighted by molar-refractivity contribution is 0.139. The molecule has 0 saturated heterocycles. The summed E-state index contributed by atoms with van der Waals surface area (Å²) >= 11 is 1.89. The van der Waals surface area contributed by atoms with Gasteiger partial charge in [-0.15, -0.1) is 0 Å². The fourth-order valence-electron chi connectivity index (χ4n) is 2.63. The van der Waals surface area contributed by atoms with E-state index in [-0.39, 0.29) is 6.10 Å². The zero-order valence-electron chi connectivity index (χ0n) is 13.5. The van der Waals surface area contributed by atoms with Crippen molar-refractivity contribution in [1.82, 2.24) is 4.90 Å². The summed E-state index contributed by atoms with van der Waals surface area (Å²) in [6.45, 7) is 7.34. The van der Waals surface area contributed by atoms with Crippen LogP contribution in [-0.4, -0.2) is 41.6 Å². The van der Waals surface area contributed by atoms with Crippen molar-refractivity contribution >= 4 is 11.8 Å². The summed E-state index contributed by atoms with van der Waals surface area (Å²) in [5.41, 5.74) is 3.50. The predicted octanol–water partition coefficient (Wildman–Crippen LogP) is 3.80. The molecule has 0 bridgehead atoms. The van der Waals surface area contributed by atoms with Crippen LogP contribution in [-0.2, 0) is 0 Å². The van der Waals surface area contributed by atoms with Gasteiger partial charge in [-0.1, -0.05) is 36.2 Å². The van der Waals surface area contributed by atoms with Crippen molar-refractivity contribution in [3.05, 3.63) is 34.9 Å². The average molecular weight is 295 g/mol. The Morgan fingerprint density at radius 2 is 1.80 bits per heavy atom. The molecule has 3 heteroatoms. The quantitative estimate of drug-likeness (QED) is 0.789. The van der Waals surface area contributed by atoms with Gasteiger partial charge in [0.25, 0.3) is 0 Å². The van der Waals surface area contributed by atoms with E-state index in [9.17, 15) is 5.11 Å². The van der Waals surface area contributed by atoms with Gasteiger partial charge in [0.15, 0.2) is 0 Å². The van der Waals surface area contributed by atoms with Crippen molar-refractivity contribution in [1.29, 1.82) is 0 Å². The fraction of sp³-hybridized carbons (Fsp3) is 0.647. The van der Waals surface area contributed by atoms with Gasteiger partial charge < -0.3 is 10.0 Å². The predicted molar refractivity (Wildman–Crippen MR) is 90.6 cm³/mol. The molecule has 2 unspecified atom stereocenters. The zero-order valence-corrected chi connectivity index (χ0v) is 14.3. The highest BCUT2D eigenvalue weighted by atomic mass is 32.2. The molecule has 0 aliphatic heterocycles. The lowest BCUT2D eigenvalue weighted by Gasteiger charge is -2.27. The van der Waals surface area contributed by atoms with Crippen molar-refractivity contribution in [3.8, 4) is 0 Å². The van der Waals surface area contributed by atoms with E-state index < -0.39 is 0 Å². The van der Waals surface area contributed by atoms with Gasteiger partial charge in [0.2, 0.25) is 0 Å². The number of aliphatic hydroxyl groups excluding tert-OH is 1. The van der Waals surface area contributed by atoms with E-state index in [1.54, 1.807) is 0 Å². The molecule has 2 atom stereocenters. The normalized spacial score (nSPS) is 14.6. The molecule has 20 heavy (non-hydrogen) atoms. The molecule has 0 aromatic heterocycles. The van der Waals surface area contributed by atoms with Gasteiger partial charge in [0.05, 0.1) is 6.10 Å². The molecule has 1 aromatic carbocycles. The minimum Gasteiger partial charge on any atom is -0.388 e. The van der Waals surface area contributed by atoms with Crippen molar-refractivity contribution in [2.45, 2.75) is 45.8 Å². The Hall–Kier alpha value is -0.510. The minimum atomic E-state index is -0.358. The molecule has 114 valence electrons. The van der Waals surface area contributed by atoms with Crippen LogP contribution in [0.15, 0.2) is 18.2 Å². The van der Waals surface area contributed by atoms with Crippen LogP contribution in [0.4, 0.5) is 0 Å². The Kier molecular flexibility index (Phi) is 7.63. The van der Waals surface area contributed by atoms with Gasteiger partial charge in [0.1, 0.15) is 0 Å². The second-order valence-electron chi connectivity index (χ2n) is 5.72. The third-order valence-corrected chi connectivity index (χ3v) is 4.56. The Labute approximate surface area is 128 Å². The third-order valence-electron chi connectivity index (χ3n) is 3.84. The van der Waals surface area contributed by atoms with E-state index in [0.29, 0.717) is 6.04 Å². The first kappa shape index (κ1) is 17.5. The highest BCUT2D eigenvalue weighted by Crippen LogP contribution is 2.20. The van der Waals surface area contributed by atoms with Crippen LogP contribution in [0.1, 0.15) is 42.6 Å². The molecule has 1 N–H and O–H groups in total.